The predicted octanol–water partition coefficient (Wildman–Crippen LogP) is 4.76. The Morgan fingerprint density at radius 2 is 1.68 bits per heavy atom. The average Bonchev–Trinajstić information content (AvgIpc) is 3.16. The van der Waals surface area contributed by atoms with Gasteiger partial charge in [-0.2, -0.15) is 0 Å². The first-order valence-corrected chi connectivity index (χ1v) is 9.23. The van der Waals surface area contributed by atoms with E-state index in [1.807, 2.05) is 62.4 Å². The number of carbonyl (C=O) groups excluding carboxylic acids is 1. The molecule has 128 valence electrons. The van der Waals surface area contributed by atoms with Crippen molar-refractivity contribution in [2.75, 3.05) is 5.32 Å². The molecule has 0 saturated heterocycles. The Morgan fingerprint density at radius 3 is 2.32 bits per heavy atom. The van der Waals surface area contributed by atoms with Crippen molar-refractivity contribution in [3.05, 3.63) is 88.1 Å². The molecule has 0 aliphatic rings. The van der Waals surface area contributed by atoms with E-state index < -0.39 is 0 Å². The molecule has 0 aliphatic heterocycles. The average molecular weight is 350 g/mol. The van der Waals surface area contributed by atoms with Gasteiger partial charge in [-0.3, -0.25) is 10.1 Å². The summed E-state index contributed by atoms with van der Waals surface area (Å²) in [7, 11) is 0. The van der Waals surface area contributed by atoms with E-state index in [0.717, 1.165) is 11.3 Å². The van der Waals surface area contributed by atoms with Crippen LogP contribution < -0.4 is 10.6 Å². The Balaban J connectivity index is 1.72. The second-order valence-corrected chi connectivity index (χ2v) is 7.08. The minimum Gasteiger partial charge on any atom is -0.325 e. The van der Waals surface area contributed by atoms with Gasteiger partial charge in [0.25, 0.3) is 0 Å². The van der Waals surface area contributed by atoms with Gasteiger partial charge in [-0.25, -0.2) is 0 Å². The monoisotopic (exact) mass is 350 g/mol. The number of hydrogen-bond donors (Lipinski definition) is 2. The highest BCUT2D eigenvalue weighted by Gasteiger charge is 2.21. The van der Waals surface area contributed by atoms with Crippen LogP contribution in [0.25, 0.3) is 0 Å². The molecule has 1 aromatic heterocycles. The molecular weight excluding hydrogens is 328 g/mol. The topological polar surface area (TPSA) is 41.1 Å². The fourth-order valence-electron chi connectivity index (χ4n) is 2.66. The highest BCUT2D eigenvalue weighted by molar-refractivity contribution is 7.10. The van der Waals surface area contributed by atoms with Gasteiger partial charge in [0.15, 0.2) is 0 Å². The Hall–Kier alpha value is -2.43. The number of aryl methyl sites for hydroxylation is 1. The summed E-state index contributed by atoms with van der Waals surface area (Å²) in [5.41, 5.74) is 3.14. The lowest BCUT2D eigenvalue weighted by molar-refractivity contribution is -0.117. The third-order valence-corrected chi connectivity index (χ3v) is 5.03. The Morgan fingerprint density at radius 1 is 0.960 bits per heavy atom. The number of benzene rings is 2. The maximum Gasteiger partial charge on any atom is 0.241 e. The van der Waals surface area contributed by atoms with Crippen molar-refractivity contribution in [2.24, 2.45) is 0 Å². The molecule has 0 bridgehead atoms. The van der Waals surface area contributed by atoms with Crippen molar-refractivity contribution in [2.45, 2.75) is 25.9 Å². The first-order chi connectivity index (χ1) is 12.1. The molecule has 0 aliphatic carbocycles. The van der Waals surface area contributed by atoms with Gasteiger partial charge in [-0.1, -0.05) is 54.1 Å². The van der Waals surface area contributed by atoms with E-state index in [4.69, 9.17) is 0 Å². The summed E-state index contributed by atoms with van der Waals surface area (Å²) in [6.45, 7) is 3.92. The summed E-state index contributed by atoms with van der Waals surface area (Å²) in [6.07, 6.45) is 0. The number of anilines is 1. The highest BCUT2D eigenvalue weighted by Crippen LogP contribution is 2.26. The number of carbonyl (C=O) groups is 1. The van der Waals surface area contributed by atoms with Crippen LogP contribution >= 0.6 is 11.3 Å². The maximum atomic E-state index is 12.6. The van der Waals surface area contributed by atoms with Crippen LogP contribution in [0.3, 0.4) is 0 Å². The van der Waals surface area contributed by atoms with E-state index in [9.17, 15) is 4.79 Å². The van der Waals surface area contributed by atoms with Gasteiger partial charge < -0.3 is 5.32 Å². The van der Waals surface area contributed by atoms with Gasteiger partial charge in [0.1, 0.15) is 0 Å². The van der Waals surface area contributed by atoms with Gasteiger partial charge in [-0.15, -0.1) is 11.3 Å². The fourth-order valence-corrected chi connectivity index (χ4v) is 3.47. The molecule has 25 heavy (non-hydrogen) atoms. The number of hydrogen-bond acceptors (Lipinski definition) is 3. The van der Waals surface area contributed by atoms with E-state index in [1.54, 1.807) is 11.3 Å². The molecule has 3 rings (SSSR count). The van der Waals surface area contributed by atoms with Crippen molar-refractivity contribution in [1.82, 2.24) is 5.32 Å². The molecule has 0 spiro atoms. The SMILES string of the molecule is Cc1ccc(NC(=O)C(C)NC(c2ccccc2)c2cccs2)cc1. The van der Waals surface area contributed by atoms with E-state index in [2.05, 4.69) is 34.2 Å². The van der Waals surface area contributed by atoms with Gasteiger partial charge in [0.05, 0.1) is 12.1 Å². The predicted molar refractivity (Wildman–Crippen MR) is 105 cm³/mol. The molecule has 2 unspecified atom stereocenters. The number of nitrogens with one attached hydrogen (secondary N) is 2. The normalized spacial score (nSPS) is 13.2. The molecule has 1 heterocycles. The van der Waals surface area contributed by atoms with Crippen LogP contribution in [0.5, 0.6) is 0 Å². The van der Waals surface area contributed by atoms with Crippen LogP contribution in [0.1, 0.15) is 29.0 Å². The first-order valence-electron chi connectivity index (χ1n) is 8.35. The van der Waals surface area contributed by atoms with Crippen molar-refractivity contribution in [3.63, 3.8) is 0 Å². The van der Waals surface area contributed by atoms with Gasteiger partial charge in [-0.05, 0) is 43.0 Å². The van der Waals surface area contributed by atoms with Crippen LogP contribution in [0.15, 0.2) is 72.1 Å². The van der Waals surface area contributed by atoms with Crippen LogP contribution in [-0.2, 0) is 4.79 Å². The van der Waals surface area contributed by atoms with E-state index in [1.165, 1.54) is 10.4 Å². The zero-order valence-electron chi connectivity index (χ0n) is 14.4. The smallest absolute Gasteiger partial charge is 0.241 e. The minimum absolute atomic E-state index is 0.0000298. The lowest BCUT2D eigenvalue weighted by Crippen LogP contribution is -2.40. The molecule has 0 saturated carbocycles. The number of rotatable bonds is 6. The van der Waals surface area contributed by atoms with Crippen molar-refractivity contribution in [1.29, 1.82) is 0 Å². The lowest BCUT2D eigenvalue weighted by Gasteiger charge is -2.22. The summed E-state index contributed by atoms with van der Waals surface area (Å²) in [4.78, 5) is 13.8. The molecular formula is C21H22N2OS. The molecule has 2 atom stereocenters. The molecule has 0 fully saturated rings. The number of thiophene rings is 1. The standard InChI is InChI=1S/C21H22N2OS/c1-15-10-12-18(13-11-15)23-21(24)16(2)22-20(19-9-6-14-25-19)17-7-4-3-5-8-17/h3-14,16,20,22H,1-2H3,(H,23,24). The van der Waals surface area contributed by atoms with Crippen LogP contribution in [0.4, 0.5) is 5.69 Å². The molecule has 3 nitrogen and oxygen atoms in total. The first kappa shape index (κ1) is 17.4. The van der Waals surface area contributed by atoms with Crippen LogP contribution in [0, 0.1) is 6.92 Å². The second-order valence-electron chi connectivity index (χ2n) is 6.10. The van der Waals surface area contributed by atoms with Gasteiger partial charge in [0, 0.05) is 10.6 Å². The summed E-state index contributed by atoms with van der Waals surface area (Å²) < 4.78 is 0. The van der Waals surface area contributed by atoms with E-state index >= 15 is 0 Å². The summed E-state index contributed by atoms with van der Waals surface area (Å²) in [5, 5.41) is 8.50. The molecule has 4 heteroatoms. The molecule has 0 radical (unpaired) electrons. The molecule has 2 N–H and O–H groups in total. The zero-order valence-corrected chi connectivity index (χ0v) is 15.2. The largest absolute Gasteiger partial charge is 0.325 e. The number of amides is 1. The third-order valence-electron chi connectivity index (χ3n) is 4.09. The van der Waals surface area contributed by atoms with Crippen molar-refractivity contribution >= 4 is 22.9 Å². The third kappa shape index (κ3) is 4.56. The Kier molecular flexibility index (Phi) is 5.64. The summed E-state index contributed by atoms with van der Waals surface area (Å²) in [5.74, 6) is -0.0404. The highest BCUT2D eigenvalue weighted by atomic mass is 32.1. The van der Waals surface area contributed by atoms with Crippen molar-refractivity contribution in [3.8, 4) is 0 Å². The van der Waals surface area contributed by atoms with Crippen LogP contribution in [-0.4, -0.2) is 11.9 Å². The molecule has 3 aromatic rings. The van der Waals surface area contributed by atoms with Gasteiger partial charge in [0.2, 0.25) is 5.91 Å². The minimum atomic E-state index is -0.325. The van der Waals surface area contributed by atoms with Crippen LogP contribution in [0.2, 0.25) is 0 Å². The fraction of sp³-hybridized carbons (Fsp3) is 0.190. The Labute approximate surface area is 152 Å². The Bertz CT molecular complexity index is 798. The second kappa shape index (κ2) is 8.10. The molecule has 2 aromatic carbocycles. The molecule has 1 amide bonds. The summed E-state index contributed by atoms with van der Waals surface area (Å²) >= 11 is 1.69. The lowest BCUT2D eigenvalue weighted by atomic mass is 10.0. The van der Waals surface area contributed by atoms with E-state index in [0.29, 0.717) is 0 Å². The maximum absolute atomic E-state index is 12.6. The summed E-state index contributed by atoms with van der Waals surface area (Å²) in [6, 6.07) is 21.9. The quantitative estimate of drug-likeness (QED) is 0.673. The van der Waals surface area contributed by atoms with Crippen molar-refractivity contribution < 1.29 is 4.79 Å². The zero-order chi connectivity index (χ0) is 17.6. The van der Waals surface area contributed by atoms with E-state index in [-0.39, 0.29) is 18.0 Å². The van der Waals surface area contributed by atoms with Gasteiger partial charge >= 0.3 is 0 Å².